The standard InChI is InChI=1S/C20H27N3OS/c1-14-9-15(2)11-17(10-14)22-20(25)21-13-19(23(3)4)16-7-6-8-18(12-16)24-5/h6-12,19H,13H2,1-5H3,(H2,21,22,25)/t19-/m1/s1. The van der Waals surface area contributed by atoms with E-state index in [9.17, 15) is 0 Å². The number of nitrogens with one attached hydrogen (secondary N) is 2. The van der Waals surface area contributed by atoms with Crippen LogP contribution in [0.15, 0.2) is 42.5 Å². The highest BCUT2D eigenvalue weighted by Crippen LogP contribution is 2.22. The largest absolute Gasteiger partial charge is 0.497 e. The molecule has 0 radical (unpaired) electrons. The molecule has 0 amide bonds. The number of ether oxygens (including phenoxy) is 1. The maximum atomic E-state index is 5.46. The third-order valence-electron chi connectivity index (χ3n) is 4.04. The third-order valence-corrected chi connectivity index (χ3v) is 4.28. The number of likely N-dealkylation sites (N-methyl/N-ethyl adjacent to an activating group) is 1. The zero-order chi connectivity index (χ0) is 18.4. The van der Waals surface area contributed by atoms with Gasteiger partial charge in [0.05, 0.1) is 13.2 Å². The average molecular weight is 358 g/mol. The molecule has 0 bridgehead atoms. The van der Waals surface area contributed by atoms with Crippen molar-refractivity contribution in [3.63, 3.8) is 0 Å². The van der Waals surface area contributed by atoms with Crippen LogP contribution in [0.4, 0.5) is 5.69 Å². The average Bonchev–Trinajstić information content (AvgIpc) is 2.54. The highest BCUT2D eigenvalue weighted by molar-refractivity contribution is 7.80. The van der Waals surface area contributed by atoms with Crippen molar-refractivity contribution in [3.05, 3.63) is 59.2 Å². The Morgan fingerprint density at radius 1 is 1.12 bits per heavy atom. The first-order chi connectivity index (χ1) is 11.9. The van der Waals surface area contributed by atoms with Crippen LogP contribution in [0.2, 0.25) is 0 Å². The first-order valence-corrected chi connectivity index (χ1v) is 8.73. The summed E-state index contributed by atoms with van der Waals surface area (Å²) in [5, 5.41) is 7.22. The molecule has 0 heterocycles. The number of anilines is 1. The van der Waals surface area contributed by atoms with E-state index in [4.69, 9.17) is 17.0 Å². The van der Waals surface area contributed by atoms with E-state index in [1.54, 1.807) is 7.11 Å². The fourth-order valence-corrected chi connectivity index (χ4v) is 3.06. The Labute approximate surface area is 156 Å². The van der Waals surface area contributed by atoms with Crippen molar-refractivity contribution in [1.29, 1.82) is 0 Å². The molecule has 0 fully saturated rings. The number of hydrogen-bond donors (Lipinski definition) is 2. The van der Waals surface area contributed by atoms with Gasteiger partial charge in [-0.15, -0.1) is 0 Å². The molecule has 25 heavy (non-hydrogen) atoms. The van der Waals surface area contributed by atoms with Gasteiger partial charge in [0.2, 0.25) is 0 Å². The molecule has 0 saturated heterocycles. The molecule has 0 aliphatic carbocycles. The zero-order valence-corrected chi connectivity index (χ0v) is 16.4. The number of aryl methyl sites for hydroxylation is 2. The molecule has 0 aliphatic rings. The van der Waals surface area contributed by atoms with Crippen molar-refractivity contribution >= 4 is 23.0 Å². The SMILES string of the molecule is COc1cccc([C@@H](CNC(=S)Nc2cc(C)cc(C)c2)N(C)C)c1. The van der Waals surface area contributed by atoms with Crippen molar-refractivity contribution in [2.75, 3.05) is 33.1 Å². The van der Waals surface area contributed by atoms with E-state index in [1.807, 2.05) is 12.1 Å². The van der Waals surface area contributed by atoms with Crippen molar-refractivity contribution in [3.8, 4) is 5.75 Å². The van der Waals surface area contributed by atoms with Gasteiger partial charge in [-0.25, -0.2) is 0 Å². The van der Waals surface area contributed by atoms with E-state index >= 15 is 0 Å². The number of nitrogens with zero attached hydrogens (tertiary/aromatic N) is 1. The third kappa shape index (κ3) is 5.73. The summed E-state index contributed by atoms with van der Waals surface area (Å²) in [5.74, 6) is 0.861. The van der Waals surface area contributed by atoms with Crippen molar-refractivity contribution in [2.24, 2.45) is 0 Å². The quantitative estimate of drug-likeness (QED) is 0.767. The van der Waals surface area contributed by atoms with Crippen LogP contribution < -0.4 is 15.4 Å². The minimum Gasteiger partial charge on any atom is -0.497 e. The Hall–Kier alpha value is -2.11. The van der Waals surface area contributed by atoms with Gasteiger partial charge in [0.15, 0.2) is 5.11 Å². The fourth-order valence-electron chi connectivity index (χ4n) is 2.86. The summed E-state index contributed by atoms with van der Waals surface area (Å²) in [4.78, 5) is 2.17. The summed E-state index contributed by atoms with van der Waals surface area (Å²) in [6, 6.07) is 14.6. The van der Waals surface area contributed by atoms with Crippen LogP contribution in [0, 0.1) is 13.8 Å². The lowest BCUT2D eigenvalue weighted by Gasteiger charge is -2.26. The summed E-state index contributed by atoms with van der Waals surface area (Å²) >= 11 is 5.46. The van der Waals surface area contributed by atoms with Gasteiger partial charge in [-0.2, -0.15) is 0 Å². The van der Waals surface area contributed by atoms with Gasteiger partial charge in [-0.05, 0) is 81.1 Å². The normalized spacial score (nSPS) is 11.9. The summed E-state index contributed by atoms with van der Waals surface area (Å²) in [6.45, 7) is 4.87. The van der Waals surface area contributed by atoms with Gasteiger partial charge in [0, 0.05) is 12.2 Å². The molecule has 2 rings (SSSR count). The van der Waals surface area contributed by atoms with Gasteiger partial charge in [0.1, 0.15) is 5.75 Å². The van der Waals surface area contributed by atoms with Crippen LogP contribution in [0.5, 0.6) is 5.75 Å². The monoisotopic (exact) mass is 357 g/mol. The molecular weight excluding hydrogens is 330 g/mol. The summed E-state index contributed by atoms with van der Waals surface area (Å²) in [5.41, 5.74) is 4.63. The molecule has 0 unspecified atom stereocenters. The number of methoxy groups -OCH3 is 1. The van der Waals surface area contributed by atoms with Crippen LogP contribution >= 0.6 is 12.2 Å². The lowest BCUT2D eigenvalue weighted by molar-refractivity contribution is 0.298. The Balaban J connectivity index is 2.01. The Morgan fingerprint density at radius 2 is 1.80 bits per heavy atom. The molecule has 4 nitrogen and oxygen atoms in total. The van der Waals surface area contributed by atoms with Crippen LogP contribution in [-0.2, 0) is 0 Å². The number of hydrogen-bond acceptors (Lipinski definition) is 3. The zero-order valence-electron chi connectivity index (χ0n) is 15.6. The molecule has 0 aliphatic heterocycles. The Bertz CT molecular complexity index is 710. The minimum atomic E-state index is 0.189. The highest BCUT2D eigenvalue weighted by Gasteiger charge is 2.15. The van der Waals surface area contributed by atoms with Gasteiger partial charge < -0.3 is 20.3 Å². The fraction of sp³-hybridized carbons (Fsp3) is 0.350. The van der Waals surface area contributed by atoms with E-state index in [0.29, 0.717) is 11.7 Å². The first kappa shape index (κ1) is 19.2. The second-order valence-corrected chi connectivity index (χ2v) is 6.88. The van der Waals surface area contributed by atoms with Crippen LogP contribution in [0.25, 0.3) is 0 Å². The summed E-state index contributed by atoms with van der Waals surface area (Å²) in [6.07, 6.45) is 0. The number of thiocarbonyl (C=S) groups is 1. The lowest BCUT2D eigenvalue weighted by atomic mass is 10.1. The van der Waals surface area contributed by atoms with Gasteiger partial charge >= 0.3 is 0 Å². The molecular formula is C20H27N3OS. The lowest BCUT2D eigenvalue weighted by Crippen LogP contribution is -2.36. The molecule has 0 saturated carbocycles. The maximum Gasteiger partial charge on any atom is 0.170 e. The minimum absolute atomic E-state index is 0.189. The van der Waals surface area contributed by atoms with Crippen LogP contribution in [0.3, 0.4) is 0 Å². The Kier molecular flexibility index (Phi) is 6.79. The molecule has 134 valence electrons. The van der Waals surface area contributed by atoms with E-state index < -0.39 is 0 Å². The van der Waals surface area contributed by atoms with E-state index in [-0.39, 0.29) is 6.04 Å². The molecule has 5 heteroatoms. The topological polar surface area (TPSA) is 36.5 Å². The number of benzene rings is 2. The van der Waals surface area contributed by atoms with Crippen molar-refractivity contribution in [2.45, 2.75) is 19.9 Å². The van der Waals surface area contributed by atoms with E-state index in [0.717, 1.165) is 11.4 Å². The van der Waals surface area contributed by atoms with Gasteiger partial charge in [-0.3, -0.25) is 0 Å². The second kappa shape index (κ2) is 8.83. The Morgan fingerprint density at radius 3 is 2.40 bits per heavy atom. The second-order valence-electron chi connectivity index (χ2n) is 6.47. The first-order valence-electron chi connectivity index (χ1n) is 8.32. The van der Waals surface area contributed by atoms with Crippen molar-refractivity contribution < 1.29 is 4.74 Å². The van der Waals surface area contributed by atoms with Crippen LogP contribution in [-0.4, -0.2) is 37.8 Å². The molecule has 2 aromatic rings. The smallest absolute Gasteiger partial charge is 0.170 e. The molecule has 1 atom stereocenters. The summed E-state index contributed by atoms with van der Waals surface area (Å²) in [7, 11) is 5.81. The van der Waals surface area contributed by atoms with E-state index in [2.05, 4.69) is 73.8 Å². The maximum absolute atomic E-state index is 5.46. The molecule has 2 N–H and O–H groups in total. The van der Waals surface area contributed by atoms with Gasteiger partial charge in [0.25, 0.3) is 0 Å². The number of rotatable bonds is 6. The predicted octanol–water partition coefficient (Wildman–Crippen LogP) is 3.90. The highest BCUT2D eigenvalue weighted by atomic mass is 32.1. The van der Waals surface area contributed by atoms with Crippen LogP contribution in [0.1, 0.15) is 22.7 Å². The van der Waals surface area contributed by atoms with Gasteiger partial charge in [-0.1, -0.05) is 18.2 Å². The molecule has 2 aromatic carbocycles. The predicted molar refractivity (Wildman–Crippen MR) is 110 cm³/mol. The molecule has 0 aromatic heterocycles. The summed E-state index contributed by atoms with van der Waals surface area (Å²) < 4.78 is 5.33. The molecule has 0 spiro atoms. The van der Waals surface area contributed by atoms with E-state index in [1.165, 1.54) is 16.7 Å². The van der Waals surface area contributed by atoms with Crippen molar-refractivity contribution in [1.82, 2.24) is 10.2 Å².